The van der Waals surface area contributed by atoms with Crippen LogP contribution in [0.3, 0.4) is 0 Å². The second-order valence-electron chi connectivity index (χ2n) is 6.20. The molecule has 0 spiro atoms. The monoisotopic (exact) mass is 340 g/mol. The molecule has 1 aliphatic rings. The summed E-state index contributed by atoms with van der Waals surface area (Å²) in [6.45, 7) is 3.86. The SMILES string of the molecule is C=CC(=O)N(C)c1ccc(C(=O)N2CC(O)(c3nccn3C)C2)cc1. The van der Waals surface area contributed by atoms with Gasteiger partial charge in [0.25, 0.3) is 5.91 Å². The summed E-state index contributed by atoms with van der Waals surface area (Å²) in [5, 5.41) is 10.6. The van der Waals surface area contributed by atoms with Crippen LogP contribution >= 0.6 is 0 Å². The Morgan fingerprint density at radius 2 is 1.96 bits per heavy atom. The first-order valence-electron chi connectivity index (χ1n) is 7.85. The summed E-state index contributed by atoms with van der Waals surface area (Å²) < 4.78 is 1.75. The highest BCUT2D eigenvalue weighted by atomic mass is 16.3. The summed E-state index contributed by atoms with van der Waals surface area (Å²) in [7, 11) is 3.45. The Bertz CT molecular complexity index is 819. The van der Waals surface area contributed by atoms with Crippen molar-refractivity contribution < 1.29 is 14.7 Å². The van der Waals surface area contributed by atoms with Gasteiger partial charge in [-0.15, -0.1) is 0 Å². The van der Waals surface area contributed by atoms with E-state index in [2.05, 4.69) is 11.6 Å². The minimum Gasteiger partial charge on any atom is -0.378 e. The smallest absolute Gasteiger partial charge is 0.254 e. The van der Waals surface area contributed by atoms with Crippen LogP contribution in [0.15, 0.2) is 49.3 Å². The minimum atomic E-state index is -1.11. The first-order chi connectivity index (χ1) is 11.9. The minimum absolute atomic E-state index is 0.164. The molecule has 2 aromatic rings. The number of benzene rings is 1. The van der Waals surface area contributed by atoms with Crippen LogP contribution < -0.4 is 4.90 Å². The Hall–Kier alpha value is -2.93. The highest BCUT2D eigenvalue weighted by molar-refractivity contribution is 6.01. The van der Waals surface area contributed by atoms with Crippen molar-refractivity contribution in [3.63, 3.8) is 0 Å². The number of imidazole rings is 1. The number of likely N-dealkylation sites (N-methyl/N-ethyl adjacent to an activating group) is 1. The molecular weight excluding hydrogens is 320 g/mol. The zero-order valence-electron chi connectivity index (χ0n) is 14.2. The number of likely N-dealkylation sites (tertiary alicyclic amines) is 1. The molecule has 2 amide bonds. The first kappa shape index (κ1) is 16.9. The molecule has 2 heterocycles. The molecule has 7 heteroatoms. The van der Waals surface area contributed by atoms with Gasteiger partial charge in [-0.1, -0.05) is 6.58 Å². The van der Waals surface area contributed by atoms with E-state index in [9.17, 15) is 14.7 Å². The molecule has 0 bridgehead atoms. The van der Waals surface area contributed by atoms with Gasteiger partial charge in [-0.2, -0.15) is 0 Å². The number of anilines is 1. The fourth-order valence-corrected chi connectivity index (χ4v) is 2.96. The van der Waals surface area contributed by atoms with Crippen molar-refractivity contribution in [3.8, 4) is 0 Å². The third-order valence-corrected chi connectivity index (χ3v) is 4.44. The standard InChI is InChI=1S/C18H20N4O3/c1-4-15(23)21(3)14-7-5-13(6-8-14)16(24)22-11-18(25,12-22)17-19-9-10-20(17)2/h4-10,25H,1,11-12H2,2-3H3. The van der Waals surface area contributed by atoms with E-state index in [1.54, 1.807) is 53.2 Å². The molecule has 130 valence electrons. The van der Waals surface area contributed by atoms with Crippen molar-refractivity contribution in [2.75, 3.05) is 25.0 Å². The van der Waals surface area contributed by atoms with E-state index in [1.165, 1.54) is 11.0 Å². The van der Waals surface area contributed by atoms with E-state index in [0.29, 0.717) is 17.1 Å². The highest BCUT2D eigenvalue weighted by Gasteiger charge is 2.47. The molecule has 0 unspecified atom stereocenters. The van der Waals surface area contributed by atoms with Crippen LogP contribution in [0.1, 0.15) is 16.2 Å². The van der Waals surface area contributed by atoms with E-state index < -0.39 is 5.60 Å². The lowest BCUT2D eigenvalue weighted by atomic mass is 9.92. The van der Waals surface area contributed by atoms with Gasteiger partial charge < -0.3 is 19.5 Å². The fraction of sp³-hybridized carbons (Fsp3) is 0.278. The largest absolute Gasteiger partial charge is 0.378 e. The second kappa shape index (κ2) is 6.18. The zero-order chi connectivity index (χ0) is 18.2. The topological polar surface area (TPSA) is 78.7 Å². The Labute approximate surface area is 145 Å². The van der Waals surface area contributed by atoms with Gasteiger partial charge in [-0.05, 0) is 30.3 Å². The normalized spacial score (nSPS) is 15.4. The second-order valence-corrected chi connectivity index (χ2v) is 6.20. The number of amides is 2. The van der Waals surface area contributed by atoms with Gasteiger partial charge in [0, 0.05) is 37.7 Å². The van der Waals surface area contributed by atoms with Crippen LogP contribution in [0.25, 0.3) is 0 Å². The van der Waals surface area contributed by atoms with E-state index in [4.69, 9.17) is 0 Å². The molecular formula is C18H20N4O3. The summed E-state index contributed by atoms with van der Waals surface area (Å²) in [5.74, 6) is 0.168. The van der Waals surface area contributed by atoms with Crippen LogP contribution in [0.4, 0.5) is 5.69 Å². The maximum absolute atomic E-state index is 12.5. The number of carbonyl (C=O) groups excluding carboxylic acids is 2. The van der Waals surface area contributed by atoms with Crippen LogP contribution in [0.5, 0.6) is 0 Å². The van der Waals surface area contributed by atoms with Crippen LogP contribution in [0.2, 0.25) is 0 Å². The maximum atomic E-state index is 12.5. The molecule has 1 aromatic heterocycles. The first-order valence-corrected chi connectivity index (χ1v) is 7.85. The van der Waals surface area contributed by atoms with Crippen molar-refractivity contribution >= 4 is 17.5 Å². The zero-order valence-corrected chi connectivity index (χ0v) is 14.2. The predicted octanol–water partition coefficient (Wildman–Crippen LogP) is 0.912. The van der Waals surface area contributed by atoms with Gasteiger partial charge in [0.2, 0.25) is 5.91 Å². The van der Waals surface area contributed by atoms with Gasteiger partial charge in [-0.25, -0.2) is 4.98 Å². The Morgan fingerprint density at radius 1 is 1.32 bits per heavy atom. The molecule has 1 fully saturated rings. The van der Waals surface area contributed by atoms with Crippen molar-refractivity contribution in [2.45, 2.75) is 5.60 Å². The van der Waals surface area contributed by atoms with Gasteiger partial charge in [0.15, 0.2) is 5.60 Å². The molecule has 0 radical (unpaired) electrons. The number of aryl methyl sites for hydroxylation is 1. The number of carbonyl (C=O) groups is 2. The molecule has 0 atom stereocenters. The van der Waals surface area contributed by atoms with Crippen molar-refractivity contribution in [1.29, 1.82) is 0 Å². The molecule has 1 aromatic carbocycles. The third kappa shape index (κ3) is 2.94. The van der Waals surface area contributed by atoms with Crippen LogP contribution in [-0.2, 0) is 17.4 Å². The van der Waals surface area contributed by atoms with Gasteiger partial charge in [0.1, 0.15) is 5.82 Å². The third-order valence-electron chi connectivity index (χ3n) is 4.44. The summed E-state index contributed by atoms with van der Waals surface area (Å²) in [6.07, 6.45) is 4.62. The van der Waals surface area contributed by atoms with E-state index in [-0.39, 0.29) is 24.9 Å². The maximum Gasteiger partial charge on any atom is 0.254 e. The Morgan fingerprint density at radius 3 is 2.48 bits per heavy atom. The van der Waals surface area contributed by atoms with E-state index in [0.717, 1.165) is 0 Å². The molecule has 25 heavy (non-hydrogen) atoms. The van der Waals surface area contributed by atoms with Gasteiger partial charge in [0.05, 0.1) is 13.1 Å². The fourth-order valence-electron chi connectivity index (χ4n) is 2.96. The number of nitrogens with zero attached hydrogens (tertiary/aromatic N) is 4. The molecule has 1 N–H and O–H groups in total. The molecule has 0 aliphatic carbocycles. The summed E-state index contributed by atoms with van der Waals surface area (Å²) in [6, 6.07) is 6.75. The Kier molecular flexibility index (Phi) is 4.18. The summed E-state index contributed by atoms with van der Waals surface area (Å²) >= 11 is 0. The average Bonchev–Trinajstić information content (AvgIpc) is 3.03. The van der Waals surface area contributed by atoms with Crippen LogP contribution in [-0.4, -0.2) is 51.5 Å². The van der Waals surface area contributed by atoms with Gasteiger partial charge in [-0.3, -0.25) is 9.59 Å². The molecule has 3 rings (SSSR count). The Balaban J connectivity index is 1.68. The van der Waals surface area contributed by atoms with E-state index >= 15 is 0 Å². The number of hydrogen-bond acceptors (Lipinski definition) is 4. The molecule has 1 saturated heterocycles. The van der Waals surface area contributed by atoms with E-state index in [1.807, 2.05) is 7.05 Å². The lowest BCUT2D eigenvalue weighted by molar-refractivity contribution is -0.113. The van der Waals surface area contributed by atoms with Gasteiger partial charge >= 0.3 is 0 Å². The number of aliphatic hydroxyl groups is 1. The van der Waals surface area contributed by atoms with Crippen molar-refractivity contribution in [3.05, 3.63) is 60.7 Å². The lowest BCUT2D eigenvalue weighted by Crippen LogP contribution is -2.62. The average molecular weight is 340 g/mol. The van der Waals surface area contributed by atoms with Crippen molar-refractivity contribution in [1.82, 2.24) is 14.5 Å². The lowest BCUT2D eigenvalue weighted by Gasteiger charge is -2.45. The molecule has 7 nitrogen and oxygen atoms in total. The van der Waals surface area contributed by atoms with Crippen LogP contribution in [0, 0.1) is 0 Å². The number of aromatic nitrogens is 2. The van der Waals surface area contributed by atoms with Crippen molar-refractivity contribution in [2.24, 2.45) is 7.05 Å². The number of rotatable bonds is 4. The molecule has 1 aliphatic heterocycles. The summed E-state index contributed by atoms with van der Waals surface area (Å²) in [4.78, 5) is 31.3. The highest BCUT2D eigenvalue weighted by Crippen LogP contribution is 2.31. The molecule has 0 saturated carbocycles. The predicted molar refractivity (Wildman–Crippen MR) is 93.1 cm³/mol. The summed E-state index contributed by atoms with van der Waals surface area (Å²) in [5.41, 5.74) is 0.0735. The number of β-amino-alcohol motifs (C(OH)–C–C–N with tert-alkyl or cyclic N) is 1. The number of hydrogen-bond donors (Lipinski definition) is 1. The quantitative estimate of drug-likeness (QED) is 0.839.